The van der Waals surface area contributed by atoms with Crippen molar-refractivity contribution in [2.45, 2.75) is 31.4 Å². The zero-order valence-electron chi connectivity index (χ0n) is 17.3. The lowest BCUT2D eigenvalue weighted by molar-refractivity contribution is 0.0255. The van der Waals surface area contributed by atoms with E-state index in [2.05, 4.69) is 4.90 Å². The average molecular weight is 399 g/mol. The van der Waals surface area contributed by atoms with Gasteiger partial charge in [-0.15, -0.1) is 0 Å². The molecule has 1 fully saturated rings. The van der Waals surface area contributed by atoms with E-state index in [1.807, 2.05) is 24.3 Å². The molecule has 0 amide bonds. The third-order valence-corrected chi connectivity index (χ3v) is 5.54. The van der Waals surface area contributed by atoms with Crippen LogP contribution < -0.4 is 14.2 Å². The quantitative estimate of drug-likeness (QED) is 0.686. The molecule has 1 aliphatic heterocycles. The normalized spacial score (nSPS) is 18.1. The number of likely N-dealkylation sites (tertiary alicyclic amines) is 1. The summed E-state index contributed by atoms with van der Waals surface area (Å²) in [6, 6.07) is 12.6. The molecule has 2 atom stereocenters. The van der Waals surface area contributed by atoms with E-state index in [9.17, 15) is 9.90 Å². The molecule has 2 unspecified atom stereocenters. The van der Waals surface area contributed by atoms with E-state index in [1.54, 1.807) is 39.5 Å². The lowest BCUT2D eigenvalue weighted by Crippen LogP contribution is -2.45. The van der Waals surface area contributed by atoms with Crippen LogP contribution in [-0.4, -0.2) is 56.3 Å². The number of ketones is 1. The van der Waals surface area contributed by atoms with Crippen LogP contribution in [0.1, 0.15) is 41.3 Å². The fourth-order valence-corrected chi connectivity index (χ4v) is 3.88. The molecule has 2 aromatic carbocycles. The maximum atomic E-state index is 12.9. The van der Waals surface area contributed by atoms with Crippen molar-refractivity contribution in [3.63, 3.8) is 0 Å². The third-order valence-electron chi connectivity index (χ3n) is 5.54. The van der Waals surface area contributed by atoms with E-state index in [-0.39, 0.29) is 18.4 Å². The van der Waals surface area contributed by atoms with Gasteiger partial charge in [0, 0.05) is 11.6 Å². The first kappa shape index (κ1) is 21.1. The number of aliphatic hydroxyl groups excluding tert-OH is 1. The largest absolute Gasteiger partial charge is 0.497 e. The average Bonchev–Trinajstić information content (AvgIpc) is 2.78. The molecule has 3 rings (SSSR count). The zero-order chi connectivity index (χ0) is 20.8. The summed E-state index contributed by atoms with van der Waals surface area (Å²) in [6.45, 7) is 1.05. The van der Waals surface area contributed by atoms with Gasteiger partial charge in [-0.05, 0) is 55.3 Å². The van der Waals surface area contributed by atoms with Gasteiger partial charge in [0.25, 0.3) is 0 Å². The molecule has 1 heterocycles. The molecule has 0 aromatic heterocycles. The van der Waals surface area contributed by atoms with E-state index in [0.29, 0.717) is 17.1 Å². The Balaban J connectivity index is 1.74. The van der Waals surface area contributed by atoms with E-state index in [4.69, 9.17) is 14.2 Å². The van der Waals surface area contributed by atoms with Crippen LogP contribution in [0.4, 0.5) is 0 Å². The molecule has 2 aromatic rings. The number of ether oxygens (including phenoxy) is 3. The molecular formula is C23H29NO5. The molecule has 6 nitrogen and oxygen atoms in total. The molecule has 0 radical (unpaired) electrons. The van der Waals surface area contributed by atoms with Crippen LogP contribution in [0.2, 0.25) is 0 Å². The van der Waals surface area contributed by atoms with Crippen molar-refractivity contribution < 1.29 is 24.1 Å². The smallest absolute Gasteiger partial charge is 0.176 e. The van der Waals surface area contributed by atoms with Gasteiger partial charge in [-0.3, -0.25) is 9.69 Å². The fourth-order valence-electron chi connectivity index (χ4n) is 3.88. The van der Waals surface area contributed by atoms with Gasteiger partial charge < -0.3 is 19.3 Å². The number of methoxy groups -OCH3 is 3. The number of carbonyl (C=O) groups is 1. The molecule has 1 N–H and O–H groups in total. The summed E-state index contributed by atoms with van der Waals surface area (Å²) in [6.07, 6.45) is 2.26. The topological polar surface area (TPSA) is 68.2 Å². The number of nitrogens with zero attached hydrogens (tertiary/aromatic N) is 1. The van der Waals surface area contributed by atoms with Gasteiger partial charge in [0.2, 0.25) is 0 Å². The minimum Gasteiger partial charge on any atom is -0.497 e. The Morgan fingerprint density at radius 2 is 1.76 bits per heavy atom. The highest BCUT2D eigenvalue weighted by molar-refractivity contribution is 5.98. The molecule has 156 valence electrons. The van der Waals surface area contributed by atoms with E-state index in [1.165, 1.54) is 0 Å². The van der Waals surface area contributed by atoms with Crippen LogP contribution in [0.3, 0.4) is 0 Å². The Labute approximate surface area is 172 Å². The van der Waals surface area contributed by atoms with Crippen molar-refractivity contribution in [3.05, 3.63) is 53.6 Å². The van der Waals surface area contributed by atoms with Crippen molar-refractivity contribution in [2.24, 2.45) is 0 Å². The third kappa shape index (κ3) is 4.89. The lowest BCUT2D eigenvalue weighted by atomic mass is 9.92. The molecule has 0 aliphatic carbocycles. The van der Waals surface area contributed by atoms with Crippen LogP contribution >= 0.6 is 0 Å². The summed E-state index contributed by atoms with van der Waals surface area (Å²) < 4.78 is 15.8. The minimum absolute atomic E-state index is 0.000200. The number of hydrogen-bond acceptors (Lipinski definition) is 6. The Morgan fingerprint density at radius 1 is 1.03 bits per heavy atom. The first-order chi connectivity index (χ1) is 14.1. The summed E-state index contributed by atoms with van der Waals surface area (Å²) in [5.41, 5.74) is 1.41. The SMILES string of the molecule is COc1ccc(C(O)C2CCCCN2CC(=O)c2ccc(OC)c(OC)c2)cc1. The maximum absolute atomic E-state index is 12.9. The zero-order valence-corrected chi connectivity index (χ0v) is 17.3. The molecule has 6 heteroatoms. The number of carbonyl (C=O) groups excluding carboxylic acids is 1. The van der Waals surface area contributed by atoms with Gasteiger partial charge in [-0.2, -0.15) is 0 Å². The summed E-state index contributed by atoms with van der Waals surface area (Å²) in [4.78, 5) is 15.0. The summed E-state index contributed by atoms with van der Waals surface area (Å²) in [5, 5.41) is 11.0. The fraction of sp³-hybridized carbons (Fsp3) is 0.435. The number of aliphatic hydroxyl groups is 1. The summed E-state index contributed by atoms with van der Waals surface area (Å²) in [5.74, 6) is 1.88. The van der Waals surface area contributed by atoms with Crippen LogP contribution in [0.5, 0.6) is 17.2 Å². The number of piperidine rings is 1. The van der Waals surface area contributed by atoms with Crippen LogP contribution in [0.15, 0.2) is 42.5 Å². The van der Waals surface area contributed by atoms with Gasteiger partial charge in [0.05, 0.1) is 34.0 Å². The molecular weight excluding hydrogens is 370 g/mol. The highest BCUT2D eigenvalue weighted by atomic mass is 16.5. The summed E-state index contributed by atoms with van der Waals surface area (Å²) in [7, 11) is 4.74. The second kappa shape index (κ2) is 9.76. The van der Waals surface area contributed by atoms with Crippen molar-refractivity contribution in [1.29, 1.82) is 0 Å². The van der Waals surface area contributed by atoms with Crippen molar-refractivity contribution in [1.82, 2.24) is 4.90 Å². The van der Waals surface area contributed by atoms with Crippen molar-refractivity contribution in [3.8, 4) is 17.2 Å². The molecule has 1 saturated heterocycles. The Bertz CT molecular complexity index is 821. The lowest BCUT2D eigenvalue weighted by Gasteiger charge is -2.38. The summed E-state index contributed by atoms with van der Waals surface area (Å²) >= 11 is 0. The van der Waals surface area contributed by atoms with Crippen LogP contribution in [-0.2, 0) is 0 Å². The van der Waals surface area contributed by atoms with Crippen LogP contribution in [0.25, 0.3) is 0 Å². The number of benzene rings is 2. The van der Waals surface area contributed by atoms with E-state index >= 15 is 0 Å². The van der Waals surface area contributed by atoms with Gasteiger partial charge in [0.1, 0.15) is 5.75 Å². The molecule has 0 spiro atoms. The van der Waals surface area contributed by atoms with Crippen LogP contribution in [0, 0.1) is 0 Å². The molecule has 1 aliphatic rings. The van der Waals surface area contributed by atoms with Gasteiger partial charge in [-0.25, -0.2) is 0 Å². The molecule has 29 heavy (non-hydrogen) atoms. The number of Topliss-reactive ketones (excluding diaryl/α,β-unsaturated/α-hetero) is 1. The Kier molecular flexibility index (Phi) is 7.12. The van der Waals surface area contributed by atoms with Crippen molar-refractivity contribution in [2.75, 3.05) is 34.4 Å². The highest BCUT2D eigenvalue weighted by Crippen LogP contribution is 2.31. The second-order valence-electron chi connectivity index (χ2n) is 7.24. The van der Waals surface area contributed by atoms with Gasteiger partial charge >= 0.3 is 0 Å². The number of hydrogen-bond donors (Lipinski definition) is 1. The first-order valence-electron chi connectivity index (χ1n) is 9.88. The highest BCUT2D eigenvalue weighted by Gasteiger charge is 2.31. The molecule has 0 saturated carbocycles. The van der Waals surface area contributed by atoms with Gasteiger partial charge in [0.15, 0.2) is 17.3 Å². The second-order valence-corrected chi connectivity index (χ2v) is 7.24. The monoisotopic (exact) mass is 399 g/mol. The predicted octanol–water partition coefficient (Wildman–Crippen LogP) is 3.48. The van der Waals surface area contributed by atoms with E-state index < -0.39 is 6.10 Å². The minimum atomic E-state index is -0.653. The number of rotatable bonds is 8. The Hall–Kier alpha value is -2.57. The Morgan fingerprint density at radius 3 is 2.41 bits per heavy atom. The predicted molar refractivity (Wildman–Crippen MR) is 111 cm³/mol. The maximum Gasteiger partial charge on any atom is 0.176 e. The van der Waals surface area contributed by atoms with Gasteiger partial charge in [-0.1, -0.05) is 18.6 Å². The first-order valence-corrected chi connectivity index (χ1v) is 9.88. The van der Waals surface area contributed by atoms with Crippen molar-refractivity contribution >= 4 is 5.78 Å². The molecule has 0 bridgehead atoms. The van der Waals surface area contributed by atoms with E-state index in [0.717, 1.165) is 37.1 Å². The standard InChI is InChI=1S/C23H29NO5/c1-27-18-10-7-16(8-11-18)23(26)19-6-4-5-13-24(19)15-20(25)17-9-12-21(28-2)22(14-17)29-3/h7-12,14,19,23,26H,4-6,13,15H2,1-3H3.